The number of nitrogens with one attached hydrogen (secondary N) is 1. The number of aliphatic hydroxyl groups excluding tert-OH is 1. The molecule has 1 unspecified atom stereocenters. The van der Waals surface area contributed by atoms with E-state index >= 15 is 0 Å². The van der Waals surface area contributed by atoms with Crippen LogP contribution in [0.4, 0.5) is 0 Å². The Bertz CT molecular complexity index is 384. The third-order valence-electron chi connectivity index (χ3n) is 3.47. The number of aliphatic hydroxyl groups is 1. The first-order valence-electron chi connectivity index (χ1n) is 6.00. The van der Waals surface area contributed by atoms with Gasteiger partial charge in [0.1, 0.15) is 0 Å². The molecule has 1 aliphatic carbocycles. The maximum absolute atomic E-state index is 9.29. The van der Waals surface area contributed by atoms with Crippen LogP contribution in [0.2, 0.25) is 0 Å². The molecule has 0 bridgehead atoms. The Labute approximate surface area is 97.7 Å². The molecule has 0 aromatic heterocycles. The van der Waals surface area contributed by atoms with Crippen molar-refractivity contribution in [1.29, 1.82) is 0 Å². The number of benzene rings is 1. The van der Waals surface area contributed by atoms with E-state index in [4.69, 9.17) is 0 Å². The van der Waals surface area contributed by atoms with Gasteiger partial charge in [-0.2, -0.15) is 0 Å². The molecule has 0 spiro atoms. The van der Waals surface area contributed by atoms with Gasteiger partial charge < -0.3 is 10.4 Å². The summed E-state index contributed by atoms with van der Waals surface area (Å²) in [4.78, 5) is 0. The van der Waals surface area contributed by atoms with Gasteiger partial charge in [-0.1, -0.05) is 18.2 Å². The van der Waals surface area contributed by atoms with Gasteiger partial charge in [0.05, 0.1) is 6.61 Å². The molecule has 2 nitrogen and oxygen atoms in total. The Morgan fingerprint density at radius 3 is 2.88 bits per heavy atom. The number of fused-ring (bicyclic) bond motifs is 1. The highest BCUT2D eigenvalue weighted by Crippen LogP contribution is 2.34. The number of rotatable bonds is 3. The summed E-state index contributed by atoms with van der Waals surface area (Å²) in [5.41, 5.74) is 4.11. The molecule has 1 aliphatic rings. The van der Waals surface area contributed by atoms with Crippen molar-refractivity contribution in [2.75, 3.05) is 6.61 Å². The summed E-state index contributed by atoms with van der Waals surface area (Å²) in [7, 11) is 0. The van der Waals surface area contributed by atoms with E-state index in [-0.39, 0.29) is 12.1 Å². The molecule has 1 aromatic carbocycles. The van der Waals surface area contributed by atoms with Gasteiger partial charge in [-0.25, -0.2) is 0 Å². The molecule has 1 atom stereocenters. The highest BCUT2D eigenvalue weighted by molar-refractivity contribution is 5.40. The third kappa shape index (κ3) is 2.13. The SMILES string of the molecule is Cc1cccc2c1CCC2NC(C)(C)CO. The van der Waals surface area contributed by atoms with E-state index < -0.39 is 0 Å². The van der Waals surface area contributed by atoms with E-state index in [9.17, 15) is 5.11 Å². The first-order chi connectivity index (χ1) is 7.53. The largest absolute Gasteiger partial charge is 0.394 e. The lowest BCUT2D eigenvalue weighted by Gasteiger charge is -2.28. The lowest BCUT2D eigenvalue weighted by molar-refractivity contribution is 0.175. The maximum atomic E-state index is 9.29. The van der Waals surface area contributed by atoms with Crippen LogP contribution in [-0.2, 0) is 6.42 Å². The summed E-state index contributed by atoms with van der Waals surface area (Å²) in [5, 5.41) is 12.8. The predicted octanol–water partition coefficient (Wildman–Crippen LogP) is 2.34. The Kier molecular flexibility index (Phi) is 3.04. The van der Waals surface area contributed by atoms with Crippen LogP contribution in [-0.4, -0.2) is 17.3 Å². The quantitative estimate of drug-likeness (QED) is 0.818. The van der Waals surface area contributed by atoms with Crippen LogP contribution in [0.1, 0.15) is 43.0 Å². The summed E-state index contributed by atoms with van der Waals surface area (Å²) in [5.74, 6) is 0. The molecule has 2 rings (SSSR count). The Morgan fingerprint density at radius 1 is 1.44 bits per heavy atom. The molecule has 0 radical (unpaired) electrons. The zero-order chi connectivity index (χ0) is 11.8. The van der Waals surface area contributed by atoms with Gasteiger partial charge in [-0.15, -0.1) is 0 Å². The van der Waals surface area contributed by atoms with E-state index in [1.54, 1.807) is 0 Å². The smallest absolute Gasteiger partial charge is 0.0608 e. The molecule has 2 N–H and O–H groups in total. The van der Waals surface area contributed by atoms with Gasteiger partial charge in [0.15, 0.2) is 0 Å². The molecule has 0 aliphatic heterocycles. The average Bonchev–Trinajstić information content (AvgIpc) is 2.63. The van der Waals surface area contributed by atoms with Crippen molar-refractivity contribution in [3.05, 3.63) is 34.9 Å². The van der Waals surface area contributed by atoms with Gasteiger partial charge in [0.25, 0.3) is 0 Å². The summed E-state index contributed by atoms with van der Waals surface area (Å²) >= 11 is 0. The third-order valence-corrected chi connectivity index (χ3v) is 3.47. The molecular weight excluding hydrogens is 198 g/mol. The van der Waals surface area contributed by atoms with Crippen molar-refractivity contribution in [2.24, 2.45) is 0 Å². The molecule has 0 fully saturated rings. The molecule has 0 saturated heterocycles. The van der Waals surface area contributed by atoms with Crippen molar-refractivity contribution < 1.29 is 5.11 Å². The predicted molar refractivity (Wildman–Crippen MR) is 66.5 cm³/mol. The van der Waals surface area contributed by atoms with E-state index in [1.165, 1.54) is 16.7 Å². The van der Waals surface area contributed by atoms with Gasteiger partial charge in [0, 0.05) is 11.6 Å². The van der Waals surface area contributed by atoms with Crippen molar-refractivity contribution in [3.63, 3.8) is 0 Å². The van der Waals surface area contributed by atoms with Crippen molar-refractivity contribution in [2.45, 2.75) is 45.2 Å². The van der Waals surface area contributed by atoms with Crippen molar-refractivity contribution >= 4 is 0 Å². The lowest BCUT2D eigenvalue weighted by atomic mass is 10.0. The van der Waals surface area contributed by atoms with Crippen molar-refractivity contribution in [3.8, 4) is 0 Å². The fourth-order valence-corrected chi connectivity index (χ4v) is 2.50. The van der Waals surface area contributed by atoms with Crippen LogP contribution in [0.3, 0.4) is 0 Å². The van der Waals surface area contributed by atoms with E-state index in [0.717, 1.165) is 12.8 Å². The first-order valence-corrected chi connectivity index (χ1v) is 6.00. The molecule has 88 valence electrons. The Morgan fingerprint density at radius 2 is 2.19 bits per heavy atom. The minimum atomic E-state index is -0.198. The zero-order valence-electron chi connectivity index (χ0n) is 10.4. The summed E-state index contributed by atoms with van der Waals surface area (Å²) in [6.45, 7) is 6.44. The lowest BCUT2D eigenvalue weighted by Crippen LogP contribution is -2.44. The highest BCUT2D eigenvalue weighted by Gasteiger charge is 2.28. The zero-order valence-corrected chi connectivity index (χ0v) is 10.4. The summed E-state index contributed by atoms with van der Waals surface area (Å²) < 4.78 is 0. The van der Waals surface area contributed by atoms with Crippen LogP contribution in [0, 0.1) is 6.92 Å². The molecule has 2 heteroatoms. The van der Waals surface area contributed by atoms with Crippen LogP contribution in [0.25, 0.3) is 0 Å². The molecular formula is C14H21NO. The fraction of sp³-hybridized carbons (Fsp3) is 0.571. The molecule has 16 heavy (non-hydrogen) atoms. The minimum Gasteiger partial charge on any atom is -0.394 e. The van der Waals surface area contributed by atoms with Crippen LogP contribution >= 0.6 is 0 Å². The van der Waals surface area contributed by atoms with E-state index in [0.29, 0.717) is 6.04 Å². The van der Waals surface area contributed by atoms with E-state index in [2.05, 4.69) is 30.4 Å². The molecule has 0 amide bonds. The Balaban J connectivity index is 2.21. The fourth-order valence-electron chi connectivity index (χ4n) is 2.50. The summed E-state index contributed by atoms with van der Waals surface area (Å²) in [6, 6.07) is 6.91. The second kappa shape index (κ2) is 4.19. The topological polar surface area (TPSA) is 32.3 Å². The number of aryl methyl sites for hydroxylation is 1. The number of hydrogen-bond donors (Lipinski definition) is 2. The van der Waals surface area contributed by atoms with Gasteiger partial charge in [0.2, 0.25) is 0 Å². The van der Waals surface area contributed by atoms with Gasteiger partial charge in [-0.3, -0.25) is 0 Å². The number of hydrogen-bond acceptors (Lipinski definition) is 2. The van der Waals surface area contributed by atoms with Crippen molar-refractivity contribution in [1.82, 2.24) is 5.32 Å². The second-order valence-corrected chi connectivity index (χ2v) is 5.42. The normalized spacial score (nSPS) is 19.9. The molecule has 0 saturated carbocycles. The first kappa shape index (κ1) is 11.6. The minimum absolute atomic E-state index is 0.171. The monoisotopic (exact) mass is 219 g/mol. The average molecular weight is 219 g/mol. The van der Waals surface area contributed by atoms with Crippen LogP contribution < -0.4 is 5.32 Å². The standard InChI is InChI=1S/C14H21NO/c1-10-5-4-6-12-11(10)7-8-13(12)15-14(2,3)9-16/h4-6,13,15-16H,7-9H2,1-3H3. The van der Waals surface area contributed by atoms with E-state index in [1.807, 2.05) is 13.8 Å². The molecule has 1 aromatic rings. The highest BCUT2D eigenvalue weighted by atomic mass is 16.3. The maximum Gasteiger partial charge on any atom is 0.0608 e. The van der Waals surface area contributed by atoms with Crippen LogP contribution in [0.5, 0.6) is 0 Å². The molecule has 0 heterocycles. The Hall–Kier alpha value is -0.860. The summed E-state index contributed by atoms with van der Waals surface area (Å²) in [6.07, 6.45) is 2.30. The van der Waals surface area contributed by atoms with Gasteiger partial charge >= 0.3 is 0 Å². The second-order valence-electron chi connectivity index (χ2n) is 5.42. The van der Waals surface area contributed by atoms with Gasteiger partial charge in [-0.05, 0) is 50.3 Å². The van der Waals surface area contributed by atoms with Crippen LogP contribution in [0.15, 0.2) is 18.2 Å².